The summed E-state index contributed by atoms with van der Waals surface area (Å²) < 4.78 is 0. The third-order valence-corrected chi connectivity index (χ3v) is 6.98. The molecule has 1 spiro atoms. The van der Waals surface area contributed by atoms with E-state index in [4.69, 9.17) is 0 Å². The maximum Gasteiger partial charge on any atom is -0.0236 e. The Hall–Kier alpha value is 0. The SMILES string of the molecule is CC12CCCCC13CC1CC(CC2C1)C3. The second kappa shape index (κ2) is 2.63. The van der Waals surface area contributed by atoms with Crippen molar-refractivity contribution in [2.75, 3.05) is 0 Å². The Bertz CT molecular complexity index is 278. The van der Waals surface area contributed by atoms with Gasteiger partial charge in [0.05, 0.1) is 0 Å². The van der Waals surface area contributed by atoms with Crippen molar-refractivity contribution in [1.29, 1.82) is 0 Å². The molecule has 0 N–H and O–H groups in total. The molecule has 3 unspecified atom stereocenters. The van der Waals surface area contributed by atoms with Gasteiger partial charge in [-0.1, -0.05) is 19.8 Å². The van der Waals surface area contributed by atoms with E-state index in [1.807, 2.05) is 0 Å². The Morgan fingerprint density at radius 3 is 2.27 bits per heavy atom. The van der Waals surface area contributed by atoms with Gasteiger partial charge in [0.1, 0.15) is 0 Å². The Balaban J connectivity index is 1.81. The summed E-state index contributed by atoms with van der Waals surface area (Å²) in [4.78, 5) is 0. The van der Waals surface area contributed by atoms with Crippen LogP contribution in [0.25, 0.3) is 0 Å². The molecule has 0 radical (unpaired) electrons. The van der Waals surface area contributed by atoms with E-state index in [1.165, 1.54) is 6.42 Å². The van der Waals surface area contributed by atoms with E-state index in [9.17, 15) is 0 Å². The quantitative estimate of drug-likeness (QED) is 0.549. The third-order valence-electron chi connectivity index (χ3n) is 6.98. The van der Waals surface area contributed by atoms with Gasteiger partial charge in [0.15, 0.2) is 0 Å². The molecule has 5 fully saturated rings. The van der Waals surface area contributed by atoms with Crippen LogP contribution in [0.1, 0.15) is 64.7 Å². The monoisotopic (exact) mass is 204 g/mol. The first kappa shape index (κ1) is 9.07. The first-order valence-electron chi connectivity index (χ1n) is 7.22. The van der Waals surface area contributed by atoms with Crippen molar-refractivity contribution < 1.29 is 0 Å². The van der Waals surface area contributed by atoms with Crippen LogP contribution in [-0.2, 0) is 0 Å². The van der Waals surface area contributed by atoms with Crippen LogP contribution >= 0.6 is 0 Å². The topological polar surface area (TPSA) is 0 Å². The van der Waals surface area contributed by atoms with Gasteiger partial charge in [-0.2, -0.15) is 0 Å². The van der Waals surface area contributed by atoms with Gasteiger partial charge < -0.3 is 0 Å². The van der Waals surface area contributed by atoms with Crippen molar-refractivity contribution >= 4 is 0 Å². The summed E-state index contributed by atoms with van der Waals surface area (Å²) in [7, 11) is 0. The molecule has 5 aliphatic carbocycles. The molecule has 0 heteroatoms. The second-order valence-corrected chi connectivity index (χ2v) is 7.45. The van der Waals surface area contributed by atoms with Gasteiger partial charge in [0.25, 0.3) is 0 Å². The summed E-state index contributed by atoms with van der Waals surface area (Å²) in [6, 6.07) is 0. The molecule has 5 rings (SSSR count). The molecule has 0 saturated heterocycles. The first-order chi connectivity index (χ1) is 7.22. The average Bonchev–Trinajstić information content (AvgIpc) is 2.20. The van der Waals surface area contributed by atoms with Crippen LogP contribution in [0, 0.1) is 28.6 Å². The molecule has 0 amide bonds. The van der Waals surface area contributed by atoms with Crippen molar-refractivity contribution in [1.82, 2.24) is 0 Å². The van der Waals surface area contributed by atoms with Crippen molar-refractivity contribution in [3.8, 4) is 0 Å². The van der Waals surface area contributed by atoms with Crippen molar-refractivity contribution in [2.24, 2.45) is 28.6 Å². The molecule has 3 atom stereocenters. The molecule has 15 heavy (non-hydrogen) atoms. The molecule has 84 valence electrons. The van der Waals surface area contributed by atoms with E-state index in [2.05, 4.69) is 6.92 Å². The highest BCUT2D eigenvalue weighted by molar-refractivity contribution is 5.12. The van der Waals surface area contributed by atoms with Gasteiger partial charge in [-0.15, -0.1) is 0 Å². The molecular formula is C15H24. The molecule has 4 bridgehead atoms. The molecule has 0 aromatic rings. The van der Waals surface area contributed by atoms with Crippen LogP contribution in [0.15, 0.2) is 0 Å². The van der Waals surface area contributed by atoms with Crippen LogP contribution in [0.3, 0.4) is 0 Å². The molecule has 0 aromatic carbocycles. The van der Waals surface area contributed by atoms with E-state index >= 15 is 0 Å². The summed E-state index contributed by atoms with van der Waals surface area (Å²) >= 11 is 0. The molecule has 5 saturated carbocycles. The second-order valence-electron chi connectivity index (χ2n) is 7.45. The van der Waals surface area contributed by atoms with Crippen LogP contribution in [0.2, 0.25) is 0 Å². The minimum absolute atomic E-state index is 0.776. The summed E-state index contributed by atoms with van der Waals surface area (Å²) in [5.74, 6) is 3.42. The zero-order valence-corrected chi connectivity index (χ0v) is 10.1. The predicted octanol–water partition coefficient (Wildman–Crippen LogP) is 4.39. The Labute approximate surface area is 93.8 Å². The summed E-state index contributed by atoms with van der Waals surface area (Å²) in [6.45, 7) is 2.68. The molecule has 0 aromatic heterocycles. The molecule has 5 aliphatic rings. The van der Waals surface area contributed by atoms with Crippen LogP contribution in [-0.4, -0.2) is 0 Å². The van der Waals surface area contributed by atoms with Gasteiger partial charge >= 0.3 is 0 Å². The van der Waals surface area contributed by atoms with E-state index in [-0.39, 0.29) is 0 Å². The summed E-state index contributed by atoms with van der Waals surface area (Å²) in [5.41, 5.74) is 1.61. The highest BCUT2D eigenvalue weighted by Gasteiger charge is 2.62. The van der Waals surface area contributed by atoms with E-state index in [0.717, 1.165) is 28.6 Å². The van der Waals surface area contributed by atoms with Crippen molar-refractivity contribution in [2.45, 2.75) is 64.7 Å². The highest BCUT2D eigenvalue weighted by atomic mass is 14.7. The lowest BCUT2D eigenvalue weighted by Crippen LogP contribution is -2.59. The average molecular weight is 204 g/mol. The Kier molecular flexibility index (Phi) is 1.59. The van der Waals surface area contributed by atoms with Crippen LogP contribution in [0.5, 0.6) is 0 Å². The van der Waals surface area contributed by atoms with Gasteiger partial charge in [0.2, 0.25) is 0 Å². The molecule has 0 heterocycles. The number of hydrogen-bond acceptors (Lipinski definition) is 0. The van der Waals surface area contributed by atoms with Gasteiger partial charge in [-0.25, -0.2) is 0 Å². The van der Waals surface area contributed by atoms with Crippen LogP contribution < -0.4 is 0 Å². The zero-order chi connectivity index (χ0) is 10.1. The lowest BCUT2D eigenvalue weighted by molar-refractivity contribution is -0.189. The molecule has 0 aliphatic heterocycles. The summed E-state index contributed by atoms with van der Waals surface area (Å²) in [6.07, 6.45) is 14.3. The lowest BCUT2D eigenvalue weighted by atomic mass is 9.36. The zero-order valence-electron chi connectivity index (χ0n) is 10.1. The van der Waals surface area contributed by atoms with Crippen molar-refractivity contribution in [3.05, 3.63) is 0 Å². The van der Waals surface area contributed by atoms with Gasteiger partial charge in [-0.3, -0.25) is 0 Å². The molecular weight excluding hydrogens is 180 g/mol. The Morgan fingerprint density at radius 1 is 0.867 bits per heavy atom. The first-order valence-corrected chi connectivity index (χ1v) is 7.22. The fourth-order valence-electron chi connectivity index (χ4n) is 6.42. The normalized spacial score (nSPS) is 61.8. The fraction of sp³-hybridized carbons (Fsp3) is 1.00. The predicted molar refractivity (Wildman–Crippen MR) is 62.6 cm³/mol. The Morgan fingerprint density at radius 2 is 1.53 bits per heavy atom. The summed E-state index contributed by atoms with van der Waals surface area (Å²) in [5, 5.41) is 0. The fourth-order valence-corrected chi connectivity index (χ4v) is 6.42. The van der Waals surface area contributed by atoms with Gasteiger partial charge in [0, 0.05) is 0 Å². The smallest absolute Gasteiger partial charge is 0.0236 e. The number of hydrogen-bond donors (Lipinski definition) is 0. The largest absolute Gasteiger partial charge is 0.0588 e. The maximum atomic E-state index is 2.68. The van der Waals surface area contributed by atoms with E-state index in [0.29, 0.717) is 0 Å². The van der Waals surface area contributed by atoms with Crippen molar-refractivity contribution in [3.63, 3.8) is 0 Å². The van der Waals surface area contributed by atoms with E-state index < -0.39 is 0 Å². The highest BCUT2D eigenvalue weighted by Crippen LogP contribution is 2.72. The van der Waals surface area contributed by atoms with Gasteiger partial charge in [-0.05, 0) is 73.5 Å². The minimum atomic E-state index is 0.776. The minimum Gasteiger partial charge on any atom is -0.0588 e. The lowest BCUT2D eigenvalue weighted by Gasteiger charge is -2.69. The number of rotatable bonds is 0. The third kappa shape index (κ3) is 0.953. The molecule has 0 nitrogen and oxygen atoms in total. The van der Waals surface area contributed by atoms with Crippen LogP contribution in [0.4, 0.5) is 0 Å². The maximum absolute atomic E-state index is 2.68. The standard InChI is InChI=1S/C15H24/c1-14-4-2-3-5-15(14)9-11-6-12(10-15)8-13(14)7-11/h11-13H,2-10H2,1H3. The van der Waals surface area contributed by atoms with E-state index in [1.54, 1.807) is 51.4 Å².